The zero-order valence-corrected chi connectivity index (χ0v) is 13.7. The largest absolute Gasteiger partial charge is 0.374 e. The van der Waals surface area contributed by atoms with E-state index in [0.717, 1.165) is 28.7 Å². The highest BCUT2D eigenvalue weighted by atomic mass is 79.9. The molecule has 1 atom stereocenters. The van der Waals surface area contributed by atoms with Gasteiger partial charge in [0.2, 0.25) is 5.91 Å². The minimum atomic E-state index is -0.230. The molecule has 0 aliphatic rings. The van der Waals surface area contributed by atoms with Gasteiger partial charge in [0.15, 0.2) is 0 Å². The van der Waals surface area contributed by atoms with Crippen LogP contribution in [0.15, 0.2) is 22.7 Å². The summed E-state index contributed by atoms with van der Waals surface area (Å²) in [4.78, 5) is 11.9. The van der Waals surface area contributed by atoms with Crippen LogP contribution < -0.4 is 10.6 Å². The van der Waals surface area contributed by atoms with Gasteiger partial charge >= 0.3 is 0 Å². The molecule has 0 heterocycles. The Labute approximate surface area is 124 Å². The highest BCUT2D eigenvalue weighted by molar-refractivity contribution is 9.10. The molecule has 3 nitrogen and oxygen atoms in total. The van der Waals surface area contributed by atoms with E-state index < -0.39 is 0 Å². The third-order valence-corrected chi connectivity index (χ3v) is 3.47. The summed E-state index contributed by atoms with van der Waals surface area (Å²) in [5, 5.41) is 6.20. The summed E-state index contributed by atoms with van der Waals surface area (Å²) in [7, 11) is 0. The molecule has 4 heteroatoms. The third-order valence-electron chi connectivity index (χ3n) is 2.97. The van der Waals surface area contributed by atoms with Gasteiger partial charge in [-0.25, -0.2) is 0 Å². The fourth-order valence-electron chi connectivity index (χ4n) is 1.72. The molecule has 1 amide bonds. The van der Waals surface area contributed by atoms with Crippen LogP contribution in [0.25, 0.3) is 0 Å². The summed E-state index contributed by atoms with van der Waals surface area (Å²) in [6, 6.07) is 5.76. The first-order valence-electron chi connectivity index (χ1n) is 6.70. The van der Waals surface area contributed by atoms with Crippen molar-refractivity contribution in [2.75, 3.05) is 11.9 Å². The number of halogens is 1. The molecule has 0 aliphatic heterocycles. The van der Waals surface area contributed by atoms with Gasteiger partial charge in [0, 0.05) is 16.7 Å². The first-order chi connectivity index (χ1) is 8.90. The second-order valence-electron chi connectivity index (χ2n) is 5.30. The maximum Gasteiger partial charge on any atom is 0.242 e. The van der Waals surface area contributed by atoms with Crippen LogP contribution in [0.4, 0.5) is 5.69 Å². The average molecular weight is 327 g/mol. The van der Waals surface area contributed by atoms with E-state index in [1.165, 1.54) is 0 Å². The molecule has 0 bridgehead atoms. The quantitative estimate of drug-likeness (QED) is 0.836. The third kappa shape index (κ3) is 5.64. The fraction of sp³-hybridized carbons (Fsp3) is 0.533. The Morgan fingerprint density at radius 2 is 2.00 bits per heavy atom. The number of hydrogen-bond donors (Lipinski definition) is 2. The number of nitrogens with one attached hydrogen (secondary N) is 2. The number of hydrogen-bond acceptors (Lipinski definition) is 2. The summed E-state index contributed by atoms with van der Waals surface area (Å²) < 4.78 is 1.05. The van der Waals surface area contributed by atoms with Crippen LogP contribution in [0.5, 0.6) is 0 Å². The lowest BCUT2D eigenvalue weighted by atomic mass is 10.1. The van der Waals surface area contributed by atoms with Crippen LogP contribution in [0.3, 0.4) is 0 Å². The van der Waals surface area contributed by atoms with Gasteiger partial charge in [-0.3, -0.25) is 4.79 Å². The van der Waals surface area contributed by atoms with E-state index in [1.807, 2.05) is 32.0 Å². The summed E-state index contributed by atoms with van der Waals surface area (Å²) >= 11 is 3.43. The van der Waals surface area contributed by atoms with E-state index in [2.05, 4.69) is 40.4 Å². The maximum absolute atomic E-state index is 11.9. The highest BCUT2D eigenvalue weighted by Gasteiger charge is 2.13. The summed E-state index contributed by atoms with van der Waals surface area (Å²) in [5.41, 5.74) is 2.12. The number of amides is 1. The van der Waals surface area contributed by atoms with E-state index in [9.17, 15) is 4.79 Å². The topological polar surface area (TPSA) is 41.1 Å². The predicted molar refractivity (Wildman–Crippen MR) is 84.4 cm³/mol. The van der Waals surface area contributed by atoms with Crippen molar-refractivity contribution in [2.24, 2.45) is 5.92 Å². The standard InChI is InChI=1S/C15H23BrN2O/c1-10(2)7-8-17-15(19)12(4)18-14-6-5-13(16)9-11(14)3/h5-6,9-10,12,18H,7-8H2,1-4H3,(H,17,19). The molecule has 1 rings (SSSR count). The second kappa shape index (κ2) is 7.53. The van der Waals surface area contributed by atoms with Gasteiger partial charge in [0.1, 0.15) is 6.04 Å². The molecule has 0 radical (unpaired) electrons. The Hall–Kier alpha value is -1.03. The summed E-state index contributed by atoms with van der Waals surface area (Å²) in [6.45, 7) is 8.95. The first kappa shape index (κ1) is 16.0. The molecule has 0 fully saturated rings. The van der Waals surface area contributed by atoms with Crippen molar-refractivity contribution in [3.8, 4) is 0 Å². The zero-order chi connectivity index (χ0) is 14.4. The summed E-state index contributed by atoms with van der Waals surface area (Å²) in [6.07, 6.45) is 1.01. The monoisotopic (exact) mass is 326 g/mol. The van der Waals surface area contributed by atoms with Crippen LogP contribution >= 0.6 is 15.9 Å². The average Bonchev–Trinajstić information content (AvgIpc) is 2.32. The highest BCUT2D eigenvalue weighted by Crippen LogP contribution is 2.20. The van der Waals surface area contributed by atoms with E-state index in [1.54, 1.807) is 0 Å². The van der Waals surface area contributed by atoms with E-state index >= 15 is 0 Å². The van der Waals surface area contributed by atoms with Crippen LogP contribution in [-0.2, 0) is 4.79 Å². The molecule has 1 aromatic rings. The molecular weight excluding hydrogens is 304 g/mol. The van der Waals surface area contributed by atoms with Gasteiger partial charge in [-0.1, -0.05) is 29.8 Å². The lowest BCUT2D eigenvalue weighted by Crippen LogP contribution is -2.38. The zero-order valence-electron chi connectivity index (χ0n) is 12.1. The van der Waals surface area contributed by atoms with Gasteiger partial charge in [0.25, 0.3) is 0 Å². The van der Waals surface area contributed by atoms with Crippen molar-refractivity contribution < 1.29 is 4.79 Å². The molecule has 0 spiro atoms. The van der Waals surface area contributed by atoms with Crippen molar-refractivity contribution in [3.63, 3.8) is 0 Å². The number of benzene rings is 1. The molecule has 106 valence electrons. The molecule has 1 aromatic carbocycles. The number of aryl methyl sites for hydroxylation is 1. The Balaban J connectivity index is 2.49. The lowest BCUT2D eigenvalue weighted by Gasteiger charge is -2.17. The number of carbonyl (C=O) groups is 1. The van der Waals surface area contributed by atoms with Crippen LogP contribution in [0.1, 0.15) is 32.8 Å². The number of rotatable bonds is 6. The SMILES string of the molecule is Cc1cc(Br)ccc1NC(C)C(=O)NCCC(C)C. The van der Waals surface area contributed by atoms with Crippen molar-refractivity contribution >= 4 is 27.5 Å². The van der Waals surface area contributed by atoms with E-state index in [4.69, 9.17) is 0 Å². The molecule has 2 N–H and O–H groups in total. The van der Waals surface area contributed by atoms with Crippen molar-refractivity contribution in [3.05, 3.63) is 28.2 Å². The minimum Gasteiger partial charge on any atom is -0.374 e. The molecule has 0 saturated carbocycles. The first-order valence-corrected chi connectivity index (χ1v) is 7.50. The van der Waals surface area contributed by atoms with Crippen molar-refractivity contribution in [2.45, 2.75) is 40.2 Å². The van der Waals surface area contributed by atoms with Gasteiger partial charge < -0.3 is 10.6 Å². The number of carbonyl (C=O) groups excluding carboxylic acids is 1. The minimum absolute atomic E-state index is 0.0444. The van der Waals surface area contributed by atoms with Gasteiger partial charge in [0.05, 0.1) is 0 Å². The van der Waals surface area contributed by atoms with Crippen LogP contribution in [-0.4, -0.2) is 18.5 Å². The number of anilines is 1. The normalized spacial score (nSPS) is 12.3. The van der Waals surface area contributed by atoms with Gasteiger partial charge in [-0.05, 0) is 49.9 Å². The molecule has 0 aromatic heterocycles. The predicted octanol–water partition coefficient (Wildman–Crippen LogP) is 3.72. The molecule has 0 aliphatic carbocycles. The maximum atomic E-state index is 11.9. The smallest absolute Gasteiger partial charge is 0.242 e. The van der Waals surface area contributed by atoms with Crippen molar-refractivity contribution in [1.29, 1.82) is 0 Å². The molecule has 1 unspecified atom stereocenters. The molecule has 19 heavy (non-hydrogen) atoms. The Morgan fingerprint density at radius 1 is 1.32 bits per heavy atom. The fourth-order valence-corrected chi connectivity index (χ4v) is 2.20. The Kier molecular flexibility index (Phi) is 6.35. The lowest BCUT2D eigenvalue weighted by molar-refractivity contribution is -0.121. The van der Waals surface area contributed by atoms with E-state index in [-0.39, 0.29) is 11.9 Å². The van der Waals surface area contributed by atoms with Crippen molar-refractivity contribution in [1.82, 2.24) is 5.32 Å². The van der Waals surface area contributed by atoms with Gasteiger partial charge in [-0.15, -0.1) is 0 Å². The van der Waals surface area contributed by atoms with E-state index in [0.29, 0.717) is 5.92 Å². The Bertz CT molecular complexity index is 432. The van der Waals surface area contributed by atoms with Crippen LogP contribution in [0, 0.1) is 12.8 Å². The van der Waals surface area contributed by atoms with Crippen LogP contribution in [0.2, 0.25) is 0 Å². The molecular formula is C15H23BrN2O. The molecule has 0 saturated heterocycles. The second-order valence-corrected chi connectivity index (χ2v) is 6.21. The Morgan fingerprint density at radius 3 is 2.58 bits per heavy atom. The van der Waals surface area contributed by atoms with Gasteiger partial charge in [-0.2, -0.15) is 0 Å². The summed E-state index contributed by atoms with van der Waals surface area (Å²) in [5.74, 6) is 0.653.